The van der Waals surface area contributed by atoms with E-state index in [0.717, 1.165) is 5.92 Å². The molecule has 1 fully saturated rings. The van der Waals surface area contributed by atoms with Crippen LogP contribution in [0.15, 0.2) is 0 Å². The normalized spacial score (nSPS) is 23.5. The second kappa shape index (κ2) is 1.94. The molecule has 0 aromatic rings. The van der Waals surface area contributed by atoms with Crippen LogP contribution in [0.4, 0.5) is 0 Å². The fraction of sp³-hybridized carbons (Fsp3) is 1.00. The van der Waals surface area contributed by atoms with Crippen LogP contribution in [0, 0.1) is 5.92 Å². The molecule has 0 unspecified atom stereocenters. The summed E-state index contributed by atoms with van der Waals surface area (Å²) < 4.78 is 0. The third-order valence-electron chi connectivity index (χ3n) is 1.08. The first kappa shape index (κ1) is 4.60. The summed E-state index contributed by atoms with van der Waals surface area (Å²) in [6.45, 7) is 2.43. The lowest BCUT2D eigenvalue weighted by Crippen LogP contribution is -2.42. The van der Waals surface area contributed by atoms with Gasteiger partial charge in [-0.25, -0.2) is 0 Å². The fourth-order valence-electron chi connectivity index (χ4n) is 0.458. The van der Waals surface area contributed by atoms with Crippen molar-refractivity contribution in [3.05, 3.63) is 0 Å². The Morgan fingerprint density at radius 1 is 1.67 bits per heavy atom. The minimum atomic E-state index is 0.921. The topological polar surface area (TPSA) is 12.0 Å². The number of hydrogen-bond donors (Lipinski definition) is 1. The second-order valence-electron chi connectivity index (χ2n) is 1.68. The smallest absolute Gasteiger partial charge is 0.00839 e. The highest BCUT2D eigenvalue weighted by Crippen LogP contribution is 2.04. The van der Waals surface area contributed by atoms with Crippen molar-refractivity contribution in [2.45, 2.75) is 0 Å². The van der Waals surface area contributed by atoms with E-state index in [9.17, 15) is 0 Å². The molecule has 0 aliphatic carbocycles. The van der Waals surface area contributed by atoms with Crippen LogP contribution in [0.25, 0.3) is 0 Å². The molecule has 0 aromatic carbocycles. The van der Waals surface area contributed by atoms with E-state index < -0.39 is 0 Å². The second-order valence-corrected chi connectivity index (χ2v) is 2.33. The molecule has 6 heavy (non-hydrogen) atoms. The van der Waals surface area contributed by atoms with Gasteiger partial charge in [0.15, 0.2) is 0 Å². The van der Waals surface area contributed by atoms with E-state index in [2.05, 4.69) is 21.2 Å². The minimum absolute atomic E-state index is 0.921. The van der Waals surface area contributed by atoms with Crippen LogP contribution >= 0.6 is 15.9 Å². The van der Waals surface area contributed by atoms with Crippen molar-refractivity contribution < 1.29 is 0 Å². The van der Waals surface area contributed by atoms with Crippen LogP contribution in [0.3, 0.4) is 0 Å². The van der Waals surface area contributed by atoms with Crippen molar-refractivity contribution in [3.8, 4) is 0 Å². The average molecular weight is 150 g/mol. The van der Waals surface area contributed by atoms with E-state index in [0.29, 0.717) is 0 Å². The SMILES string of the molecule is BrCC1CNC1. The maximum atomic E-state index is 3.39. The number of alkyl halides is 1. The molecule has 1 saturated heterocycles. The Morgan fingerprint density at radius 3 is 2.33 bits per heavy atom. The number of hydrogen-bond acceptors (Lipinski definition) is 1. The highest BCUT2D eigenvalue weighted by Gasteiger charge is 2.13. The zero-order valence-corrected chi connectivity index (χ0v) is 5.16. The van der Waals surface area contributed by atoms with Gasteiger partial charge in [-0.1, -0.05) is 15.9 Å². The van der Waals surface area contributed by atoms with Crippen LogP contribution in [0.1, 0.15) is 0 Å². The highest BCUT2D eigenvalue weighted by atomic mass is 79.9. The molecule has 2 heteroatoms. The molecule has 1 aliphatic rings. The Kier molecular flexibility index (Phi) is 1.48. The van der Waals surface area contributed by atoms with E-state index in [1.165, 1.54) is 18.4 Å². The van der Waals surface area contributed by atoms with Crippen molar-refractivity contribution in [2.75, 3.05) is 18.4 Å². The molecular weight excluding hydrogens is 142 g/mol. The summed E-state index contributed by atoms with van der Waals surface area (Å²) in [5, 5.41) is 4.35. The van der Waals surface area contributed by atoms with Gasteiger partial charge in [-0.2, -0.15) is 0 Å². The Bertz CT molecular complexity index is 40.1. The molecule has 1 N–H and O–H groups in total. The van der Waals surface area contributed by atoms with E-state index in [1.807, 2.05) is 0 Å². The number of rotatable bonds is 1. The van der Waals surface area contributed by atoms with Crippen LogP contribution in [-0.2, 0) is 0 Å². The highest BCUT2D eigenvalue weighted by molar-refractivity contribution is 9.09. The Labute approximate surface area is 46.2 Å². The van der Waals surface area contributed by atoms with Gasteiger partial charge in [-0.3, -0.25) is 0 Å². The van der Waals surface area contributed by atoms with Gasteiger partial charge in [-0.15, -0.1) is 0 Å². The Morgan fingerprint density at radius 2 is 2.33 bits per heavy atom. The maximum absolute atomic E-state index is 3.39. The van der Waals surface area contributed by atoms with Crippen LogP contribution in [0.5, 0.6) is 0 Å². The third-order valence-corrected chi connectivity index (χ3v) is 2.00. The molecule has 1 nitrogen and oxygen atoms in total. The quantitative estimate of drug-likeness (QED) is 0.539. The van der Waals surface area contributed by atoms with Crippen LogP contribution in [0.2, 0.25) is 0 Å². The lowest BCUT2D eigenvalue weighted by atomic mass is 10.1. The van der Waals surface area contributed by atoms with E-state index in [1.54, 1.807) is 0 Å². The number of halogens is 1. The summed E-state index contributed by atoms with van der Waals surface area (Å²) in [6, 6.07) is 0. The van der Waals surface area contributed by atoms with Crippen molar-refractivity contribution in [2.24, 2.45) is 5.92 Å². The molecule has 1 rings (SSSR count). The lowest BCUT2D eigenvalue weighted by Gasteiger charge is -2.24. The van der Waals surface area contributed by atoms with Gasteiger partial charge in [0.25, 0.3) is 0 Å². The first-order chi connectivity index (χ1) is 2.93. The molecule has 0 atom stereocenters. The van der Waals surface area contributed by atoms with Gasteiger partial charge in [0.05, 0.1) is 0 Å². The Hall–Kier alpha value is 0.440. The summed E-state index contributed by atoms with van der Waals surface area (Å²) in [7, 11) is 0. The lowest BCUT2D eigenvalue weighted by molar-refractivity contribution is 0.387. The first-order valence-corrected chi connectivity index (χ1v) is 3.32. The van der Waals surface area contributed by atoms with Gasteiger partial charge in [0, 0.05) is 5.33 Å². The molecule has 0 amide bonds. The van der Waals surface area contributed by atoms with Crippen LogP contribution < -0.4 is 5.32 Å². The van der Waals surface area contributed by atoms with Crippen molar-refractivity contribution in [3.63, 3.8) is 0 Å². The first-order valence-electron chi connectivity index (χ1n) is 2.20. The fourth-order valence-corrected chi connectivity index (χ4v) is 0.915. The molecule has 36 valence electrons. The van der Waals surface area contributed by atoms with Gasteiger partial charge in [0.1, 0.15) is 0 Å². The predicted molar refractivity (Wildman–Crippen MR) is 30.2 cm³/mol. The zero-order valence-electron chi connectivity index (χ0n) is 3.58. The molecule has 0 spiro atoms. The molecule has 1 aliphatic heterocycles. The van der Waals surface area contributed by atoms with Crippen molar-refractivity contribution in [1.29, 1.82) is 0 Å². The average Bonchev–Trinajstić information content (AvgIpc) is 1.31. The van der Waals surface area contributed by atoms with E-state index >= 15 is 0 Å². The molecule has 1 heterocycles. The van der Waals surface area contributed by atoms with Gasteiger partial charge >= 0.3 is 0 Å². The van der Waals surface area contributed by atoms with Gasteiger partial charge in [-0.05, 0) is 19.0 Å². The molecule has 0 aromatic heterocycles. The van der Waals surface area contributed by atoms with E-state index in [-0.39, 0.29) is 0 Å². The summed E-state index contributed by atoms with van der Waals surface area (Å²) >= 11 is 3.39. The van der Waals surface area contributed by atoms with Gasteiger partial charge < -0.3 is 5.32 Å². The number of nitrogens with one attached hydrogen (secondary N) is 1. The zero-order chi connectivity index (χ0) is 4.41. The molecule has 0 saturated carbocycles. The predicted octanol–water partition coefficient (Wildman–Crippen LogP) is 0.601. The minimum Gasteiger partial charge on any atom is -0.316 e. The summed E-state index contributed by atoms with van der Waals surface area (Å²) in [4.78, 5) is 0. The van der Waals surface area contributed by atoms with Gasteiger partial charge in [0.2, 0.25) is 0 Å². The molecule has 0 bridgehead atoms. The van der Waals surface area contributed by atoms with Crippen molar-refractivity contribution >= 4 is 15.9 Å². The largest absolute Gasteiger partial charge is 0.316 e. The molecule has 0 radical (unpaired) electrons. The standard InChI is InChI=1S/C4H8BrN/c5-1-4-2-6-3-4/h4,6H,1-3H2. The van der Waals surface area contributed by atoms with E-state index in [4.69, 9.17) is 0 Å². The Balaban J connectivity index is 2.01. The summed E-state index contributed by atoms with van der Waals surface area (Å²) in [5.41, 5.74) is 0. The maximum Gasteiger partial charge on any atom is 0.00839 e. The molecular formula is C4H8BrN. The summed E-state index contributed by atoms with van der Waals surface area (Å²) in [6.07, 6.45) is 0. The monoisotopic (exact) mass is 149 g/mol. The van der Waals surface area contributed by atoms with Crippen molar-refractivity contribution in [1.82, 2.24) is 5.32 Å². The summed E-state index contributed by atoms with van der Waals surface area (Å²) in [5.74, 6) is 0.921. The van der Waals surface area contributed by atoms with Crippen LogP contribution in [-0.4, -0.2) is 18.4 Å². The third kappa shape index (κ3) is 0.738.